The summed E-state index contributed by atoms with van der Waals surface area (Å²) in [6.07, 6.45) is 2.79. The number of carbonyl (C=O) groups is 3. The maximum absolute atomic E-state index is 13.8. The summed E-state index contributed by atoms with van der Waals surface area (Å²) < 4.78 is 13.8. The van der Waals surface area contributed by atoms with Gasteiger partial charge in [0.2, 0.25) is 5.91 Å². The van der Waals surface area contributed by atoms with Crippen LogP contribution in [0.1, 0.15) is 25.3 Å². The number of halogens is 1. The zero-order valence-electron chi connectivity index (χ0n) is 16.5. The Balaban J connectivity index is 1.90. The molecule has 0 aliphatic carbocycles. The van der Waals surface area contributed by atoms with Crippen LogP contribution in [-0.4, -0.2) is 59.4 Å². The summed E-state index contributed by atoms with van der Waals surface area (Å²) >= 11 is 0. The molecule has 1 N–H and O–H groups in total. The number of fused-ring (bicyclic) bond motifs is 1. The topological polar surface area (TPSA) is 73.0 Å². The van der Waals surface area contributed by atoms with Gasteiger partial charge in [0.25, 0.3) is 5.91 Å². The maximum atomic E-state index is 13.8. The Morgan fingerprint density at radius 2 is 1.96 bits per heavy atom. The van der Waals surface area contributed by atoms with Crippen molar-refractivity contribution in [2.45, 2.75) is 32.9 Å². The van der Waals surface area contributed by atoms with E-state index in [2.05, 4.69) is 5.32 Å². The molecule has 1 aromatic carbocycles. The number of imide groups is 1. The number of aryl methyl sites for hydroxylation is 1. The first-order valence-electron chi connectivity index (χ1n) is 9.36. The number of urea groups is 1. The molecule has 2 aliphatic heterocycles. The molecule has 0 spiro atoms. The van der Waals surface area contributed by atoms with E-state index in [-0.39, 0.29) is 5.91 Å². The molecule has 3 rings (SSSR count). The molecule has 4 amide bonds. The van der Waals surface area contributed by atoms with Crippen molar-refractivity contribution < 1.29 is 18.8 Å². The minimum absolute atomic E-state index is 0.327. The molecule has 8 heteroatoms. The highest BCUT2D eigenvalue weighted by molar-refractivity contribution is 6.06. The quantitative estimate of drug-likeness (QED) is 0.841. The number of anilines is 1. The zero-order chi connectivity index (χ0) is 20.6. The van der Waals surface area contributed by atoms with Crippen molar-refractivity contribution in [3.8, 4) is 0 Å². The van der Waals surface area contributed by atoms with E-state index in [9.17, 15) is 18.8 Å². The van der Waals surface area contributed by atoms with Crippen LogP contribution in [0.15, 0.2) is 30.0 Å². The van der Waals surface area contributed by atoms with Crippen molar-refractivity contribution in [2.75, 3.05) is 26.0 Å². The molecule has 2 unspecified atom stereocenters. The van der Waals surface area contributed by atoms with Crippen LogP contribution in [0.5, 0.6) is 0 Å². The van der Waals surface area contributed by atoms with Gasteiger partial charge in [-0.05, 0) is 37.1 Å². The summed E-state index contributed by atoms with van der Waals surface area (Å²) in [5, 5.41) is 2.70. The second kappa shape index (κ2) is 7.61. The van der Waals surface area contributed by atoms with Crippen LogP contribution in [0.4, 0.5) is 14.9 Å². The number of rotatable bonds is 5. The van der Waals surface area contributed by atoms with Crippen LogP contribution in [0.2, 0.25) is 0 Å². The van der Waals surface area contributed by atoms with Crippen LogP contribution in [0.25, 0.3) is 0 Å². The predicted molar refractivity (Wildman–Crippen MR) is 103 cm³/mol. The Labute approximate surface area is 163 Å². The standard InChI is InChI=1S/C20H25FN4O3/c1-5-6-9-25-16(17(26)22-13-8-7-12(2)15(21)10-13)11-14-18(25)23(3)20(28)24(4)19(14)27/h7-8,10-11,14,18H,5-6,9H2,1-4H3,(H,22,26). The highest BCUT2D eigenvalue weighted by Gasteiger charge is 2.50. The number of nitrogens with zero attached hydrogens (tertiary/aromatic N) is 3. The lowest BCUT2D eigenvalue weighted by Gasteiger charge is -2.43. The fourth-order valence-electron chi connectivity index (χ4n) is 3.66. The molecule has 0 bridgehead atoms. The van der Waals surface area contributed by atoms with Gasteiger partial charge in [-0.1, -0.05) is 19.4 Å². The minimum atomic E-state index is -0.611. The summed E-state index contributed by atoms with van der Waals surface area (Å²) in [7, 11) is 3.07. The number of carbonyl (C=O) groups excluding carboxylic acids is 3. The number of hydrogen-bond donors (Lipinski definition) is 1. The molecule has 0 saturated carbocycles. The summed E-state index contributed by atoms with van der Waals surface area (Å²) in [4.78, 5) is 42.3. The van der Waals surface area contributed by atoms with E-state index >= 15 is 0 Å². The largest absolute Gasteiger partial charge is 0.346 e. The van der Waals surface area contributed by atoms with E-state index in [1.54, 1.807) is 37.1 Å². The lowest BCUT2D eigenvalue weighted by Crippen LogP contribution is -2.62. The Morgan fingerprint density at radius 1 is 1.25 bits per heavy atom. The van der Waals surface area contributed by atoms with Crippen molar-refractivity contribution in [3.63, 3.8) is 0 Å². The first-order chi connectivity index (χ1) is 13.3. The van der Waals surface area contributed by atoms with E-state index < -0.39 is 29.8 Å². The Kier molecular flexibility index (Phi) is 5.40. The second-order valence-corrected chi connectivity index (χ2v) is 7.25. The van der Waals surface area contributed by atoms with Crippen molar-refractivity contribution >= 4 is 23.5 Å². The van der Waals surface area contributed by atoms with Gasteiger partial charge in [-0.25, -0.2) is 9.18 Å². The van der Waals surface area contributed by atoms with Crippen LogP contribution in [0, 0.1) is 18.7 Å². The van der Waals surface area contributed by atoms with Crippen molar-refractivity contribution in [1.29, 1.82) is 0 Å². The monoisotopic (exact) mass is 388 g/mol. The van der Waals surface area contributed by atoms with Gasteiger partial charge in [-0.15, -0.1) is 0 Å². The smallest absolute Gasteiger partial charge is 0.327 e. The van der Waals surface area contributed by atoms with Gasteiger partial charge < -0.3 is 15.1 Å². The molecule has 0 aromatic heterocycles. The molecule has 7 nitrogen and oxygen atoms in total. The zero-order valence-corrected chi connectivity index (χ0v) is 16.5. The third-order valence-corrected chi connectivity index (χ3v) is 5.30. The van der Waals surface area contributed by atoms with Crippen molar-refractivity contribution in [1.82, 2.24) is 14.7 Å². The normalized spacial score (nSPS) is 21.8. The summed E-state index contributed by atoms with van der Waals surface area (Å²) in [6, 6.07) is 4.08. The van der Waals surface area contributed by atoms with E-state index in [1.165, 1.54) is 18.0 Å². The van der Waals surface area contributed by atoms with Crippen molar-refractivity contribution in [3.05, 3.63) is 41.4 Å². The number of nitrogens with one attached hydrogen (secondary N) is 1. The fraction of sp³-hybridized carbons (Fsp3) is 0.450. The molecule has 1 fully saturated rings. The number of hydrogen-bond acceptors (Lipinski definition) is 4. The average molecular weight is 388 g/mol. The summed E-state index contributed by atoms with van der Waals surface area (Å²) in [6.45, 7) is 4.21. The molecule has 28 heavy (non-hydrogen) atoms. The molecular formula is C20H25FN4O3. The second-order valence-electron chi connectivity index (χ2n) is 7.25. The molecule has 0 radical (unpaired) electrons. The van der Waals surface area contributed by atoms with Crippen LogP contribution in [0.3, 0.4) is 0 Å². The number of unbranched alkanes of at least 4 members (excludes halogenated alkanes) is 1. The van der Waals surface area contributed by atoms with E-state index in [4.69, 9.17) is 0 Å². The Hall–Kier alpha value is -2.90. The van der Waals surface area contributed by atoms with Gasteiger partial charge in [-0.3, -0.25) is 14.5 Å². The highest BCUT2D eigenvalue weighted by atomic mass is 19.1. The Bertz CT molecular complexity index is 854. The van der Waals surface area contributed by atoms with Gasteiger partial charge >= 0.3 is 6.03 Å². The van der Waals surface area contributed by atoms with E-state index in [0.29, 0.717) is 23.5 Å². The Morgan fingerprint density at radius 3 is 2.61 bits per heavy atom. The van der Waals surface area contributed by atoms with Gasteiger partial charge in [-0.2, -0.15) is 0 Å². The van der Waals surface area contributed by atoms with Gasteiger partial charge in [0.1, 0.15) is 17.7 Å². The molecule has 2 atom stereocenters. The third kappa shape index (κ3) is 3.34. The fourth-order valence-corrected chi connectivity index (χ4v) is 3.66. The highest BCUT2D eigenvalue weighted by Crippen LogP contribution is 2.35. The molecule has 2 aliphatic rings. The van der Waals surface area contributed by atoms with Crippen LogP contribution < -0.4 is 5.32 Å². The maximum Gasteiger partial charge on any atom is 0.327 e. The molecule has 2 heterocycles. The predicted octanol–water partition coefficient (Wildman–Crippen LogP) is 2.54. The lowest BCUT2D eigenvalue weighted by atomic mass is 10.0. The first kappa shape index (κ1) is 19.9. The van der Waals surface area contributed by atoms with Crippen LogP contribution in [-0.2, 0) is 9.59 Å². The number of amides is 4. The first-order valence-corrected chi connectivity index (χ1v) is 9.36. The van der Waals surface area contributed by atoms with Gasteiger partial charge in [0.05, 0.1) is 5.92 Å². The minimum Gasteiger partial charge on any atom is -0.346 e. The van der Waals surface area contributed by atoms with E-state index in [1.807, 2.05) is 6.92 Å². The van der Waals surface area contributed by atoms with Crippen molar-refractivity contribution in [2.24, 2.45) is 5.92 Å². The van der Waals surface area contributed by atoms with Crippen LogP contribution >= 0.6 is 0 Å². The van der Waals surface area contributed by atoms with Gasteiger partial charge in [0.15, 0.2) is 0 Å². The van der Waals surface area contributed by atoms with E-state index in [0.717, 1.165) is 17.7 Å². The average Bonchev–Trinajstić information content (AvgIpc) is 3.05. The SMILES string of the molecule is CCCCN1C(C(=O)Nc2ccc(C)c(F)c2)=CC2C(=O)N(C)C(=O)N(C)C21. The number of benzene rings is 1. The third-order valence-electron chi connectivity index (χ3n) is 5.30. The lowest BCUT2D eigenvalue weighted by molar-refractivity contribution is -0.137. The summed E-state index contributed by atoms with van der Waals surface area (Å²) in [5.41, 5.74) is 1.15. The van der Waals surface area contributed by atoms with Gasteiger partial charge in [0, 0.05) is 26.3 Å². The summed E-state index contributed by atoms with van der Waals surface area (Å²) in [5.74, 6) is -1.78. The molecule has 150 valence electrons. The molecular weight excluding hydrogens is 363 g/mol. The molecule has 1 aromatic rings. The molecule has 1 saturated heterocycles.